The van der Waals surface area contributed by atoms with Crippen molar-refractivity contribution in [2.45, 2.75) is 173 Å². The Balaban J connectivity index is 1.21. The van der Waals surface area contributed by atoms with Crippen LogP contribution in [0.5, 0.6) is 0 Å². The number of allylic oxidation sites excluding steroid dienone is 2. The topological polar surface area (TPSA) is 273 Å². The molecule has 0 unspecified atom stereocenters. The number of fused-ring (bicyclic) bond motifs is 7. The Bertz CT molecular complexity index is 1620. The van der Waals surface area contributed by atoms with E-state index in [1.807, 2.05) is 0 Å². The van der Waals surface area contributed by atoms with Gasteiger partial charge in [-0.25, -0.2) is 0 Å². The summed E-state index contributed by atoms with van der Waals surface area (Å²) in [6.07, 6.45) is -11.5. The summed E-state index contributed by atoms with van der Waals surface area (Å²) >= 11 is 0. The van der Waals surface area contributed by atoms with Crippen LogP contribution in [0.25, 0.3) is 0 Å². The molecule has 0 amide bonds. The van der Waals surface area contributed by atoms with E-state index in [1.165, 1.54) is 0 Å². The summed E-state index contributed by atoms with van der Waals surface area (Å²) in [4.78, 5) is 28.1. The summed E-state index contributed by atoms with van der Waals surface area (Å²) in [7, 11) is 0. The van der Waals surface area contributed by atoms with Crippen LogP contribution in [-0.2, 0) is 28.5 Å². The number of ether oxygens (including phenoxy) is 4. The van der Waals surface area contributed by atoms with Crippen molar-refractivity contribution in [3.8, 4) is 0 Å². The van der Waals surface area contributed by atoms with Crippen LogP contribution < -0.4 is 0 Å². The van der Waals surface area contributed by atoms with Crippen LogP contribution in [0.15, 0.2) is 11.6 Å². The Morgan fingerprint density at radius 1 is 0.724 bits per heavy atom. The van der Waals surface area contributed by atoms with E-state index in [2.05, 4.69) is 40.7 Å². The molecule has 2 saturated heterocycles. The zero-order valence-corrected chi connectivity index (χ0v) is 34.4. The van der Waals surface area contributed by atoms with Gasteiger partial charge in [-0.1, -0.05) is 46.3 Å². The molecule has 0 aromatic carbocycles. The molecule has 7 aliphatic rings. The summed E-state index contributed by atoms with van der Waals surface area (Å²) < 4.78 is 23.3. The van der Waals surface area contributed by atoms with Gasteiger partial charge in [-0.15, -0.1) is 0 Å². The van der Waals surface area contributed by atoms with Gasteiger partial charge >= 0.3 is 11.9 Å². The van der Waals surface area contributed by atoms with Crippen molar-refractivity contribution in [2.24, 2.45) is 50.2 Å². The van der Waals surface area contributed by atoms with Crippen molar-refractivity contribution in [1.29, 1.82) is 0 Å². The molecule has 16 heteroatoms. The number of carboxylic acids is 1. The number of carboxylic acid groups (broad SMARTS) is 1. The van der Waals surface area contributed by atoms with Gasteiger partial charge in [-0.05, 0) is 104 Å². The predicted octanol–water partition coefficient (Wildman–Crippen LogP) is 0.352. The van der Waals surface area contributed by atoms with Crippen LogP contribution in [0.1, 0.15) is 99.3 Å². The van der Waals surface area contributed by atoms with E-state index in [-0.39, 0.29) is 23.7 Å². The summed E-state index contributed by atoms with van der Waals surface area (Å²) in [6.45, 7) is 11.2. The molecule has 16 nitrogen and oxygen atoms in total. The molecule has 2 heterocycles. The third-order valence-corrected chi connectivity index (χ3v) is 17.3. The minimum Gasteiger partial charge on any atom is -0.481 e. The van der Waals surface area contributed by atoms with E-state index < -0.39 is 132 Å². The van der Waals surface area contributed by atoms with Crippen LogP contribution >= 0.6 is 0 Å². The lowest BCUT2D eigenvalue weighted by Gasteiger charge is -2.71. The zero-order chi connectivity index (χ0) is 42.7. The third-order valence-electron chi connectivity index (χ3n) is 17.3. The van der Waals surface area contributed by atoms with Crippen molar-refractivity contribution in [3.63, 3.8) is 0 Å². The highest BCUT2D eigenvalue weighted by Crippen LogP contribution is 2.76. The monoisotopic (exact) mass is 826 g/mol. The first-order chi connectivity index (χ1) is 27.0. The van der Waals surface area contributed by atoms with E-state index >= 15 is 0 Å². The number of hydrogen-bond donors (Lipinski definition) is 10. The number of aliphatic carboxylic acids is 1. The largest absolute Gasteiger partial charge is 0.481 e. The Morgan fingerprint density at radius 2 is 1.29 bits per heavy atom. The van der Waals surface area contributed by atoms with Gasteiger partial charge in [-0.2, -0.15) is 0 Å². The second kappa shape index (κ2) is 14.9. The summed E-state index contributed by atoms with van der Waals surface area (Å²) in [5.41, 5.74) is -3.18. The molecule has 0 aromatic rings. The fourth-order valence-corrected chi connectivity index (χ4v) is 13.6. The lowest BCUT2D eigenvalue weighted by atomic mass is 9.33. The van der Waals surface area contributed by atoms with E-state index in [0.717, 1.165) is 12.0 Å². The maximum atomic E-state index is 14.6. The molecule has 7 rings (SSSR count). The zero-order valence-electron chi connectivity index (χ0n) is 34.4. The highest BCUT2D eigenvalue weighted by molar-refractivity contribution is 5.79. The van der Waals surface area contributed by atoms with Crippen molar-refractivity contribution in [3.05, 3.63) is 11.6 Å². The number of hydrogen-bond acceptors (Lipinski definition) is 15. The quantitative estimate of drug-likeness (QED) is 0.0943. The number of carbonyl (C=O) groups excluding carboxylic acids is 1. The Hall–Kier alpha value is -1.80. The minimum atomic E-state index is -1.77. The van der Waals surface area contributed by atoms with Gasteiger partial charge in [0.25, 0.3) is 0 Å². The molecule has 0 spiro atoms. The maximum absolute atomic E-state index is 14.6. The lowest BCUT2D eigenvalue weighted by molar-refractivity contribution is -0.340. The number of esters is 1. The SMILES string of the molecule is CC1(C)CC[C@]2(C(=O)O[C@H]3O[C@@H](CO)[C@H](O)[C@@H](O)[C@@H]3O)CC[C@]3(C)C(=CC[C@H]4[C@]5(C)C[C@H](O)[C@@H](O[C@H]6O[C@@H](CO)[C@H](O)[C@@H](O)[C@@H]6O)[C@](C)(C(=O)O)[C@H]5CC[C@@]43C)[C@H]2C1. The van der Waals surface area contributed by atoms with Crippen LogP contribution in [0.2, 0.25) is 0 Å². The minimum absolute atomic E-state index is 0.0980. The van der Waals surface area contributed by atoms with Crippen molar-refractivity contribution in [2.75, 3.05) is 13.2 Å². The molecule has 2 aliphatic heterocycles. The van der Waals surface area contributed by atoms with Crippen LogP contribution in [0.4, 0.5) is 0 Å². The number of carbonyl (C=O) groups is 2. The van der Waals surface area contributed by atoms with E-state index in [0.29, 0.717) is 44.9 Å². The maximum Gasteiger partial charge on any atom is 0.315 e. The fourth-order valence-electron chi connectivity index (χ4n) is 13.6. The van der Waals surface area contributed by atoms with Crippen molar-refractivity contribution >= 4 is 11.9 Å². The predicted molar refractivity (Wildman–Crippen MR) is 201 cm³/mol. The molecule has 6 fully saturated rings. The summed E-state index contributed by atoms with van der Waals surface area (Å²) in [5, 5.41) is 106. The molecular formula is C42H66O16. The molecule has 58 heavy (non-hydrogen) atoms. The standard InChI is InChI=1S/C42H66O16/c1-37(2)11-13-42(36(54)58-34-31(51)29(49)27(47)23(18-44)56-34)14-12-39(4)19(20(42)15-37)7-8-24-38(3)16-21(45)32(41(6,35(52)53)25(38)9-10-40(24,39)5)57-33-30(50)28(48)26(46)22(17-43)55-33/h7,20-34,43-51H,8-18H2,1-6H3,(H,52,53)/t20-,21+,22+,23+,24+,25+,26+,27+,28-,29-,30+,31+,32-,33-,34-,38+,39-,40+,41-,42+/m1/s1. The fraction of sp³-hybridized carbons (Fsp3) is 0.905. The van der Waals surface area contributed by atoms with Crippen LogP contribution in [0.3, 0.4) is 0 Å². The Morgan fingerprint density at radius 3 is 1.88 bits per heavy atom. The first-order valence-electron chi connectivity index (χ1n) is 21.1. The number of rotatable bonds is 7. The molecule has 0 radical (unpaired) electrons. The Labute approximate surface area is 339 Å². The van der Waals surface area contributed by atoms with Crippen molar-refractivity contribution < 1.29 is 79.6 Å². The average Bonchev–Trinajstić information content (AvgIpc) is 3.16. The van der Waals surface area contributed by atoms with Gasteiger partial charge in [0.1, 0.15) is 54.9 Å². The van der Waals surface area contributed by atoms with Crippen LogP contribution in [0, 0.1) is 50.2 Å². The lowest BCUT2D eigenvalue weighted by Crippen LogP contribution is -2.70. The Kier molecular flexibility index (Phi) is 11.4. The smallest absolute Gasteiger partial charge is 0.315 e. The molecule has 0 aromatic heterocycles. The third kappa shape index (κ3) is 6.29. The molecule has 4 saturated carbocycles. The van der Waals surface area contributed by atoms with Crippen molar-refractivity contribution in [1.82, 2.24) is 0 Å². The van der Waals surface area contributed by atoms with Gasteiger partial charge < -0.3 is 70.0 Å². The molecule has 330 valence electrons. The molecule has 0 bridgehead atoms. The van der Waals surface area contributed by atoms with E-state index in [1.54, 1.807) is 6.92 Å². The first-order valence-corrected chi connectivity index (χ1v) is 21.1. The molecule has 20 atom stereocenters. The second-order valence-corrected chi connectivity index (χ2v) is 20.6. The van der Waals surface area contributed by atoms with Gasteiger partial charge in [0.2, 0.25) is 6.29 Å². The van der Waals surface area contributed by atoms with E-state index in [4.69, 9.17) is 18.9 Å². The average molecular weight is 827 g/mol. The first kappa shape index (κ1) is 44.3. The van der Waals surface area contributed by atoms with Crippen LogP contribution in [-0.4, -0.2) is 150 Å². The summed E-state index contributed by atoms with van der Waals surface area (Å²) in [5.74, 6) is -2.59. The molecule has 10 N–H and O–H groups in total. The number of aliphatic hydroxyl groups excluding tert-OH is 9. The van der Waals surface area contributed by atoms with Gasteiger partial charge in [0, 0.05) is 0 Å². The highest BCUT2D eigenvalue weighted by atomic mass is 16.7. The second-order valence-electron chi connectivity index (χ2n) is 20.6. The van der Waals surface area contributed by atoms with Gasteiger partial charge in [0.15, 0.2) is 6.29 Å². The molecule has 5 aliphatic carbocycles. The van der Waals surface area contributed by atoms with Gasteiger partial charge in [0.05, 0.1) is 30.1 Å². The highest BCUT2D eigenvalue weighted by Gasteiger charge is 2.73. The molecular weight excluding hydrogens is 760 g/mol. The van der Waals surface area contributed by atoms with E-state index in [9.17, 15) is 60.7 Å². The van der Waals surface area contributed by atoms with Gasteiger partial charge in [-0.3, -0.25) is 9.59 Å². The summed E-state index contributed by atoms with van der Waals surface area (Å²) in [6, 6.07) is 0. The normalized spacial score (nSPS) is 53.8. The number of aliphatic hydroxyl groups is 9.